The fourth-order valence-corrected chi connectivity index (χ4v) is 2.41. The molecule has 2 rings (SSSR count). The van der Waals surface area contributed by atoms with Crippen LogP contribution in [0.5, 0.6) is 0 Å². The third kappa shape index (κ3) is 2.90. The van der Waals surface area contributed by atoms with Crippen LogP contribution in [-0.4, -0.2) is 10.1 Å². The predicted molar refractivity (Wildman–Crippen MR) is 69.7 cm³/mol. The van der Waals surface area contributed by atoms with E-state index in [1.165, 1.54) is 0 Å². The lowest BCUT2D eigenvalue weighted by Gasteiger charge is -2.07. The number of nitrogens with zero attached hydrogens (tertiary/aromatic N) is 1. The normalized spacial score (nSPS) is 12.7. The van der Waals surface area contributed by atoms with Crippen LogP contribution in [0.4, 0.5) is 0 Å². The predicted octanol–water partition coefficient (Wildman–Crippen LogP) is 3.49. The van der Waals surface area contributed by atoms with Crippen LogP contribution < -0.4 is 0 Å². The van der Waals surface area contributed by atoms with Crippen LogP contribution >= 0.6 is 27.3 Å². The van der Waals surface area contributed by atoms with Crippen LogP contribution in [0.25, 0.3) is 0 Å². The molecule has 0 aliphatic heterocycles. The summed E-state index contributed by atoms with van der Waals surface area (Å²) in [7, 11) is 0. The van der Waals surface area contributed by atoms with E-state index in [-0.39, 0.29) is 0 Å². The van der Waals surface area contributed by atoms with E-state index in [0.29, 0.717) is 6.42 Å². The maximum Gasteiger partial charge on any atom is 0.101 e. The number of aliphatic hydroxyl groups is 1. The highest BCUT2D eigenvalue weighted by Gasteiger charge is 2.11. The second-order valence-electron chi connectivity index (χ2n) is 3.64. The lowest BCUT2D eigenvalue weighted by Crippen LogP contribution is -2.02. The summed E-state index contributed by atoms with van der Waals surface area (Å²) in [5, 5.41) is 12.9. The van der Waals surface area contributed by atoms with Gasteiger partial charge in [0.1, 0.15) is 6.10 Å². The first-order valence-electron chi connectivity index (χ1n) is 4.99. The Bertz CT molecular complexity index is 466. The highest BCUT2D eigenvalue weighted by atomic mass is 79.9. The van der Waals surface area contributed by atoms with E-state index in [9.17, 15) is 5.11 Å². The van der Waals surface area contributed by atoms with E-state index in [4.69, 9.17) is 0 Å². The molecule has 1 aromatic carbocycles. The molecule has 0 radical (unpaired) electrons. The van der Waals surface area contributed by atoms with Gasteiger partial charge in [-0.25, -0.2) is 4.98 Å². The minimum absolute atomic E-state index is 0.508. The minimum atomic E-state index is -0.508. The van der Waals surface area contributed by atoms with Gasteiger partial charge in [0.25, 0.3) is 0 Å². The number of aliphatic hydroxyl groups excluding tert-OH is 1. The molecule has 0 saturated heterocycles. The van der Waals surface area contributed by atoms with Gasteiger partial charge < -0.3 is 5.11 Å². The second kappa shape index (κ2) is 5.08. The smallest absolute Gasteiger partial charge is 0.101 e. The Kier molecular flexibility index (Phi) is 3.74. The summed E-state index contributed by atoms with van der Waals surface area (Å²) in [6.45, 7) is 1.94. The number of hydrogen-bond donors (Lipinski definition) is 1. The molecular weight excluding hydrogens is 286 g/mol. The Morgan fingerprint density at radius 1 is 1.38 bits per heavy atom. The minimum Gasteiger partial charge on any atom is -0.386 e. The van der Waals surface area contributed by atoms with Gasteiger partial charge >= 0.3 is 0 Å². The number of thiazole rings is 1. The van der Waals surface area contributed by atoms with E-state index >= 15 is 0 Å². The third-order valence-corrected chi connectivity index (χ3v) is 3.64. The number of rotatable bonds is 3. The number of aryl methyl sites for hydroxylation is 1. The van der Waals surface area contributed by atoms with Crippen molar-refractivity contribution in [3.05, 3.63) is 50.4 Å². The largest absolute Gasteiger partial charge is 0.386 e. The Morgan fingerprint density at radius 2 is 2.06 bits per heavy atom. The average molecular weight is 298 g/mol. The first kappa shape index (κ1) is 11.8. The van der Waals surface area contributed by atoms with Gasteiger partial charge in [0.05, 0.1) is 10.7 Å². The summed E-state index contributed by atoms with van der Waals surface area (Å²) in [6.07, 6.45) is 0.0994. The molecule has 0 amide bonds. The number of aromatic nitrogens is 1. The van der Waals surface area contributed by atoms with Gasteiger partial charge in [0.2, 0.25) is 0 Å². The van der Waals surface area contributed by atoms with Crippen LogP contribution in [-0.2, 0) is 6.42 Å². The Labute approximate surface area is 107 Å². The highest BCUT2D eigenvalue weighted by molar-refractivity contribution is 9.10. The molecule has 1 N–H and O–H groups in total. The summed E-state index contributed by atoms with van der Waals surface area (Å²) in [6, 6.07) is 7.97. The van der Waals surface area contributed by atoms with Crippen LogP contribution in [0.2, 0.25) is 0 Å². The zero-order chi connectivity index (χ0) is 11.5. The average Bonchev–Trinajstić information content (AvgIpc) is 2.68. The molecule has 84 valence electrons. The summed E-state index contributed by atoms with van der Waals surface area (Å²) in [4.78, 5) is 4.28. The van der Waals surface area contributed by atoms with E-state index in [1.54, 1.807) is 11.3 Å². The van der Waals surface area contributed by atoms with Gasteiger partial charge in [-0.05, 0) is 24.6 Å². The fourth-order valence-electron chi connectivity index (χ4n) is 1.48. The highest BCUT2D eigenvalue weighted by Crippen LogP contribution is 2.21. The molecule has 1 atom stereocenters. The molecule has 1 heterocycles. The number of benzene rings is 1. The van der Waals surface area contributed by atoms with Crippen molar-refractivity contribution >= 4 is 27.3 Å². The van der Waals surface area contributed by atoms with Gasteiger partial charge in [0, 0.05) is 16.3 Å². The second-order valence-corrected chi connectivity index (χ2v) is 5.62. The third-order valence-electron chi connectivity index (χ3n) is 2.32. The molecular formula is C12H12BrNOS. The van der Waals surface area contributed by atoms with Crippen molar-refractivity contribution in [3.63, 3.8) is 0 Å². The van der Waals surface area contributed by atoms with Crippen molar-refractivity contribution in [3.8, 4) is 0 Å². The first-order chi connectivity index (χ1) is 7.65. The molecule has 1 aromatic heterocycles. The zero-order valence-electron chi connectivity index (χ0n) is 8.85. The summed E-state index contributed by atoms with van der Waals surface area (Å²) in [5.74, 6) is 0. The van der Waals surface area contributed by atoms with E-state index in [1.807, 2.05) is 36.6 Å². The monoisotopic (exact) mass is 297 g/mol. The van der Waals surface area contributed by atoms with Crippen molar-refractivity contribution in [2.24, 2.45) is 0 Å². The van der Waals surface area contributed by atoms with Crippen LogP contribution in [0.15, 0.2) is 34.1 Å². The van der Waals surface area contributed by atoms with Crippen molar-refractivity contribution in [1.82, 2.24) is 4.98 Å². The summed E-state index contributed by atoms with van der Waals surface area (Å²) >= 11 is 4.95. The van der Waals surface area contributed by atoms with Gasteiger partial charge in [0.15, 0.2) is 0 Å². The first-order valence-corrected chi connectivity index (χ1v) is 6.67. The Hall–Kier alpha value is -0.710. The van der Waals surface area contributed by atoms with Gasteiger partial charge in [-0.3, -0.25) is 0 Å². The molecule has 2 nitrogen and oxygen atoms in total. The van der Waals surface area contributed by atoms with Crippen molar-refractivity contribution in [2.75, 3.05) is 0 Å². The standard InChI is InChI=1S/C12H12BrNOS/c1-8-14-11(7-16-8)12(15)6-9-2-4-10(13)5-3-9/h2-5,7,12,15H,6H2,1H3. The molecule has 0 bridgehead atoms. The van der Waals surface area contributed by atoms with Crippen molar-refractivity contribution in [1.29, 1.82) is 0 Å². The molecule has 1 unspecified atom stereocenters. The topological polar surface area (TPSA) is 33.1 Å². The maximum absolute atomic E-state index is 9.99. The lowest BCUT2D eigenvalue weighted by molar-refractivity contribution is 0.174. The lowest BCUT2D eigenvalue weighted by atomic mass is 10.1. The molecule has 16 heavy (non-hydrogen) atoms. The summed E-state index contributed by atoms with van der Waals surface area (Å²) in [5.41, 5.74) is 1.88. The van der Waals surface area contributed by atoms with Crippen LogP contribution in [0, 0.1) is 6.92 Å². The van der Waals surface area contributed by atoms with Crippen molar-refractivity contribution in [2.45, 2.75) is 19.4 Å². The number of halogens is 1. The molecule has 0 aliphatic carbocycles. The molecule has 0 fully saturated rings. The maximum atomic E-state index is 9.99. The van der Waals surface area contributed by atoms with Crippen molar-refractivity contribution < 1.29 is 5.11 Å². The van der Waals surface area contributed by atoms with Crippen LogP contribution in [0.1, 0.15) is 22.4 Å². The van der Waals surface area contributed by atoms with Gasteiger partial charge in [-0.1, -0.05) is 28.1 Å². The van der Waals surface area contributed by atoms with Gasteiger partial charge in [-0.15, -0.1) is 11.3 Å². The zero-order valence-corrected chi connectivity index (χ0v) is 11.3. The van der Waals surface area contributed by atoms with E-state index < -0.39 is 6.10 Å². The van der Waals surface area contributed by atoms with Crippen LogP contribution in [0.3, 0.4) is 0 Å². The number of hydrogen-bond acceptors (Lipinski definition) is 3. The van der Waals surface area contributed by atoms with E-state index in [2.05, 4.69) is 20.9 Å². The van der Waals surface area contributed by atoms with Gasteiger partial charge in [-0.2, -0.15) is 0 Å². The molecule has 4 heteroatoms. The molecule has 0 aliphatic rings. The summed E-state index contributed by atoms with van der Waals surface area (Å²) < 4.78 is 1.05. The molecule has 2 aromatic rings. The molecule has 0 saturated carbocycles. The molecule has 0 spiro atoms. The Balaban J connectivity index is 2.07. The fraction of sp³-hybridized carbons (Fsp3) is 0.250. The Morgan fingerprint density at radius 3 is 2.62 bits per heavy atom. The SMILES string of the molecule is Cc1nc(C(O)Cc2ccc(Br)cc2)cs1. The van der Waals surface area contributed by atoms with E-state index in [0.717, 1.165) is 20.7 Å². The quantitative estimate of drug-likeness (QED) is 0.941.